The molecule has 1 aromatic carbocycles. The van der Waals surface area contributed by atoms with Crippen molar-refractivity contribution < 1.29 is 14.3 Å². The fourth-order valence-corrected chi connectivity index (χ4v) is 1.80. The molecule has 0 atom stereocenters. The van der Waals surface area contributed by atoms with E-state index in [0.717, 1.165) is 13.1 Å². The maximum atomic E-state index is 13.4. The second-order valence-electron chi connectivity index (χ2n) is 4.16. The third kappa shape index (κ3) is 4.55. The molecule has 0 aliphatic heterocycles. The van der Waals surface area contributed by atoms with Crippen LogP contribution in [0, 0.1) is 5.82 Å². The van der Waals surface area contributed by atoms with Crippen molar-refractivity contribution in [3.8, 4) is 0 Å². The maximum absolute atomic E-state index is 13.4. The van der Waals surface area contributed by atoms with Crippen molar-refractivity contribution in [2.24, 2.45) is 0 Å². The highest BCUT2D eigenvalue weighted by molar-refractivity contribution is 5.96. The van der Waals surface area contributed by atoms with Gasteiger partial charge in [0, 0.05) is 26.1 Å². The summed E-state index contributed by atoms with van der Waals surface area (Å²) < 4.78 is 13.4. The second kappa shape index (κ2) is 7.95. The van der Waals surface area contributed by atoms with Crippen LogP contribution in [0.4, 0.5) is 4.39 Å². The molecular formula is C14H20FNO2. The van der Waals surface area contributed by atoms with E-state index in [-0.39, 0.29) is 18.0 Å². The van der Waals surface area contributed by atoms with Gasteiger partial charge in [-0.3, -0.25) is 4.79 Å². The van der Waals surface area contributed by atoms with Gasteiger partial charge in [0.05, 0.1) is 5.56 Å². The Morgan fingerprint density at radius 2 is 2.06 bits per heavy atom. The van der Waals surface area contributed by atoms with E-state index >= 15 is 0 Å². The normalized spacial score (nSPS) is 10.9. The van der Waals surface area contributed by atoms with Crippen LogP contribution in [0.25, 0.3) is 0 Å². The van der Waals surface area contributed by atoms with Gasteiger partial charge in [-0.15, -0.1) is 0 Å². The fraction of sp³-hybridized carbons (Fsp3) is 0.500. The van der Waals surface area contributed by atoms with Crippen LogP contribution < -0.4 is 0 Å². The molecule has 0 bridgehead atoms. The van der Waals surface area contributed by atoms with Gasteiger partial charge in [0.15, 0.2) is 5.78 Å². The molecule has 4 heteroatoms. The average Bonchev–Trinajstić information content (AvgIpc) is 2.39. The number of rotatable bonds is 8. The Morgan fingerprint density at radius 1 is 1.33 bits per heavy atom. The number of aliphatic hydroxyl groups excluding tert-OH is 1. The zero-order valence-electron chi connectivity index (χ0n) is 10.7. The molecule has 0 spiro atoms. The highest BCUT2D eigenvalue weighted by atomic mass is 19.1. The van der Waals surface area contributed by atoms with Gasteiger partial charge < -0.3 is 10.0 Å². The first kappa shape index (κ1) is 14.8. The van der Waals surface area contributed by atoms with Gasteiger partial charge in [-0.1, -0.05) is 19.1 Å². The van der Waals surface area contributed by atoms with E-state index in [2.05, 4.69) is 4.90 Å². The molecule has 1 N–H and O–H groups in total. The molecule has 1 aromatic rings. The molecule has 0 aliphatic carbocycles. The van der Waals surface area contributed by atoms with Crippen LogP contribution in [-0.2, 0) is 0 Å². The minimum atomic E-state index is -0.457. The molecule has 18 heavy (non-hydrogen) atoms. The number of ketones is 1. The molecule has 0 fully saturated rings. The Balaban J connectivity index is 2.47. The zero-order valence-corrected chi connectivity index (χ0v) is 10.7. The Hall–Kier alpha value is -1.26. The first-order valence-corrected chi connectivity index (χ1v) is 6.30. The number of carbonyl (C=O) groups is 1. The SMILES string of the molecule is CCN(CCCO)CCC(=O)c1ccccc1F. The molecule has 3 nitrogen and oxygen atoms in total. The van der Waals surface area contributed by atoms with Crippen LogP contribution in [-0.4, -0.2) is 42.0 Å². The first-order valence-electron chi connectivity index (χ1n) is 6.30. The van der Waals surface area contributed by atoms with E-state index in [0.29, 0.717) is 19.4 Å². The zero-order chi connectivity index (χ0) is 13.4. The number of hydrogen-bond acceptors (Lipinski definition) is 3. The number of halogens is 1. The van der Waals surface area contributed by atoms with Crippen LogP contribution in [0.15, 0.2) is 24.3 Å². The van der Waals surface area contributed by atoms with Crippen molar-refractivity contribution in [3.05, 3.63) is 35.6 Å². The quantitative estimate of drug-likeness (QED) is 0.721. The third-order valence-electron chi connectivity index (χ3n) is 2.91. The highest BCUT2D eigenvalue weighted by Gasteiger charge is 2.12. The minimum Gasteiger partial charge on any atom is -0.396 e. The average molecular weight is 253 g/mol. The summed E-state index contributed by atoms with van der Waals surface area (Å²) in [6.07, 6.45) is 1.00. The lowest BCUT2D eigenvalue weighted by Gasteiger charge is -2.19. The molecule has 0 amide bonds. The predicted octanol–water partition coefficient (Wildman–Crippen LogP) is 2.10. The fourth-order valence-electron chi connectivity index (χ4n) is 1.80. The topological polar surface area (TPSA) is 40.5 Å². The van der Waals surface area contributed by atoms with Crippen molar-refractivity contribution in [3.63, 3.8) is 0 Å². The maximum Gasteiger partial charge on any atom is 0.167 e. The van der Waals surface area contributed by atoms with Crippen molar-refractivity contribution >= 4 is 5.78 Å². The van der Waals surface area contributed by atoms with Crippen molar-refractivity contribution in [1.29, 1.82) is 0 Å². The van der Waals surface area contributed by atoms with E-state index in [1.807, 2.05) is 6.92 Å². The van der Waals surface area contributed by atoms with Gasteiger partial charge in [0.1, 0.15) is 5.82 Å². The number of nitrogens with zero attached hydrogens (tertiary/aromatic N) is 1. The van der Waals surface area contributed by atoms with Gasteiger partial charge in [0.2, 0.25) is 0 Å². The molecule has 0 heterocycles. The van der Waals surface area contributed by atoms with Crippen LogP contribution in [0.3, 0.4) is 0 Å². The minimum absolute atomic E-state index is 0.151. The largest absolute Gasteiger partial charge is 0.396 e. The lowest BCUT2D eigenvalue weighted by atomic mass is 10.1. The van der Waals surface area contributed by atoms with Gasteiger partial charge >= 0.3 is 0 Å². The summed E-state index contributed by atoms with van der Waals surface area (Å²) in [6, 6.07) is 6.06. The molecule has 0 aliphatic rings. The van der Waals surface area contributed by atoms with Crippen LogP contribution >= 0.6 is 0 Å². The summed E-state index contributed by atoms with van der Waals surface area (Å²) >= 11 is 0. The number of benzene rings is 1. The molecule has 1 rings (SSSR count). The van der Waals surface area contributed by atoms with Crippen molar-refractivity contribution in [2.75, 3.05) is 26.2 Å². The lowest BCUT2D eigenvalue weighted by Crippen LogP contribution is -2.28. The number of hydrogen-bond donors (Lipinski definition) is 1. The molecule has 100 valence electrons. The summed E-state index contributed by atoms with van der Waals surface area (Å²) in [6.45, 7) is 4.34. The second-order valence-corrected chi connectivity index (χ2v) is 4.16. The molecule has 0 saturated heterocycles. The first-order chi connectivity index (χ1) is 8.69. The van der Waals surface area contributed by atoms with E-state index in [1.54, 1.807) is 12.1 Å². The molecule has 0 aromatic heterocycles. The van der Waals surface area contributed by atoms with Crippen LogP contribution in [0.5, 0.6) is 0 Å². The monoisotopic (exact) mass is 253 g/mol. The Labute approximate surface area is 107 Å². The van der Waals surface area contributed by atoms with E-state index in [4.69, 9.17) is 5.11 Å². The van der Waals surface area contributed by atoms with Crippen molar-refractivity contribution in [2.45, 2.75) is 19.8 Å². The third-order valence-corrected chi connectivity index (χ3v) is 2.91. The highest BCUT2D eigenvalue weighted by Crippen LogP contribution is 2.09. The van der Waals surface area contributed by atoms with Crippen LogP contribution in [0.1, 0.15) is 30.1 Å². The smallest absolute Gasteiger partial charge is 0.167 e. The summed E-state index contributed by atoms with van der Waals surface area (Å²) in [4.78, 5) is 13.9. The van der Waals surface area contributed by atoms with E-state index < -0.39 is 5.82 Å². The summed E-state index contributed by atoms with van der Waals surface area (Å²) in [7, 11) is 0. The molecule has 0 unspecified atom stereocenters. The Bertz CT molecular complexity index is 382. The number of aliphatic hydroxyl groups is 1. The van der Waals surface area contributed by atoms with E-state index in [1.165, 1.54) is 12.1 Å². The standard InChI is InChI=1S/C14H20FNO2/c1-2-16(9-5-11-17)10-8-14(18)12-6-3-4-7-13(12)15/h3-4,6-7,17H,2,5,8-11H2,1H3. The lowest BCUT2D eigenvalue weighted by molar-refractivity contribution is 0.0960. The van der Waals surface area contributed by atoms with Gasteiger partial charge in [-0.25, -0.2) is 4.39 Å². The van der Waals surface area contributed by atoms with Crippen molar-refractivity contribution in [1.82, 2.24) is 4.90 Å². The summed E-state index contributed by atoms with van der Waals surface area (Å²) in [5, 5.41) is 8.76. The molecular weight excluding hydrogens is 233 g/mol. The summed E-state index contributed by atoms with van der Waals surface area (Å²) in [5.41, 5.74) is 0.163. The van der Waals surface area contributed by atoms with Gasteiger partial charge in [-0.05, 0) is 25.1 Å². The Morgan fingerprint density at radius 3 is 2.67 bits per heavy atom. The van der Waals surface area contributed by atoms with Crippen LogP contribution in [0.2, 0.25) is 0 Å². The molecule has 0 saturated carbocycles. The van der Waals surface area contributed by atoms with E-state index in [9.17, 15) is 9.18 Å². The summed E-state index contributed by atoms with van der Waals surface area (Å²) in [5.74, 6) is -0.628. The molecule has 0 radical (unpaired) electrons. The van der Waals surface area contributed by atoms with Gasteiger partial charge in [0.25, 0.3) is 0 Å². The predicted molar refractivity (Wildman–Crippen MR) is 69.2 cm³/mol. The van der Waals surface area contributed by atoms with Gasteiger partial charge in [-0.2, -0.15) is 0 Å². The number of carbonyl (C=O) groups excluding carboxylic acids is 1. The Kier molecular flexibility index (Phi) is 6.54. The number of Topliss-reactive ketones (excluding diaryl/α,β-unsaturated/α-hetero) is 1.